The molecule has 0 radical (unpaired) electrons. The third-order valence-corrected chi connectivity index (χ3v) is 10.1. The fraction of sp³-hybridized carbons (Fsp3) is 0.417. The van der Waals surface area contributed by atoms with Gasteiger partial charge in [0.2, 0.25) is 5.91 Å². The molecule has 2 heterocycles. The number of ether oxygens (including phenoxy) is 3. The third-order valence-electron chi connectivity index (χ3n) is 9.31. The summed E-state index contributed by atoms with van der Waals surface area (Å²) < 4.78 is 17.4. The Hall–Kier alpha value is -4.05. The van der Waals surface area contributed by atoms with E-state index in [0.29, 0.717) is 60.6 Å². The van der Waals surface area contributed by atoms with Crippen LogP contribution in [0.1, 0.15) is 55.3 Å². The number of rotatable bonds is 10. The first-order valence-electron chi connectivity index (χ1n) is 15.7. The van der Waals surface area contributed by atoms with Gasteiger partial charge in [0, 0.05) is 46.9 Å². The summed E-state index contributed by atoms with van der Waals surface area (Å²) in [6.45, 7) is 6.71. The Labute approximate surface area is 278 Å². The largest absolute Gasteiger partial charge is 0.508 e. The van der Waals surface area contributed by atoms with E-state index >= 15 is 0 Å². The van der Waals surface area contributed by atoms with Crippen LogP contribution in [0.5, 0.6) is 17.2 Å². The molecular formula is C36H41BrN2O7. The molecule has 0 saturated heterocycles. The van der Waals surface area contributed by atoms with Crippen molar-refractivity contribution < 1.29 is 33.7 Å². The van der Waals surface area contributed by atoms with Gasteiger partial charge in [-0.1, -0.05) is 53.6 Å². The summed E-state index contributed by atoms with van der Waals surface area (Å²) >= 11 is 3.63. The number of phenolic OH excluding ortho intramolecular Hbond substituents is 1. The molecule has 3 unspecified atom stereocenters. The molecule has 0 bridgehead atoms. The number of nitrogens with zero attached hydrogens (tertiary/aromatic N) is 2. The van der Waals surface area contributed by atoms with Crippen LogP contribution in [0.4, 0.5) is 0 Å². The molecule has 244 valence electrons. The van der Waals surface area contributed by atoms with Gasteiger partial charge >= 0.3 is 5.97 Å². The maximum absolute atomic E-state index is 14.5. The molecule has 0 aromatic heterocycles. The molecule has 0 spiro atoms. The molecule has 2 aromatic carbocycles. The van der Waals surface area contributed by atoms with Gasteiger partial charge in [-0.3, -0.25) is 14.4 Å². The van der Waals surface area contributed by atoms with Crippen LogP contribution < -0.4 is 9.47 Å². The van der Waals surface area contributed by atoms with Gasteiger partial charge in [0.1, 0.15) is 23.9 Å². The Kier molecular flexibility index (Phi) is 10.6. The van der Waals surface area contributed by atoms with Crippen molar-refractivity contribution in [1.29, 1.82) is 0 Å². The normalized spacial score (nSPS) is 21.4. The maximum atomic E-state index is 14.5. The first-order valence-corrected chi connectivity index (χ1v) is 16.5. The number of hydrogen-bond acceptors (Lipinski definition) is 7. The zero-order valence-electron chi connectivity index (χ0n) is 26.6. The number of methoxy groups -OCH3 is 2. The molecule has 3 aliphatic rings. The average molecular weight is 694 g/mol. The highest BCUT2D eigenvalue weighted by Crippen LogP contribution is 2.43. The van der Waals surface area contributed by atoms with E-state index in [2.05, 4.69) is 22.5 Å². The predicted octanol–water partition coefficient (Wildman–Crippen LogP) is 6.05. The zero-order valence-corrected chi connectivity index (χ0v) is 28.2. The van der Waals surface area contributed by atoms with E-state index in [0.717, 1.165) is 28.5 Å². The van der Waals surface area contributed by atoms with Gasteiger partial charge in [-0.05, 0) is 61.6 Å². The van der Waals surface area contributed by atoms with E-state index in [1.807, 2.05) is 19.1 Å². The lowest BCUT2D eigenvalue weighted by Gasteiger charge is -2.43. The van der Waals surface area contributed by atoms with Crippen molar-refractivity contribution in [3.63, 3.8) is 0 Å². The first kappa shape index (κ1) is 33.3. The molecule has 10 heteroatoms. The van der Waals surface area contributed by atoms with Crippen LogP contribution in [0.25, 0.3) is 0 Å². The summed E-state index contributed by atoms with van der Waals surface area (Å²) in [4.78, 5) is 45.0. The van der Waals surface area contributed by atoms with Crippen molar-refractivity contribution in [1.82, 2.24) is 9.80 Å². The van der Waals surface area contributed by atoms with Crippen LogP contribution in [0.3, 0.4) is 0 Å². The number of amides is 2. The summed E-state index contributed by atoms with van der Waals surface area (Å²) in [5.74, 6) is -0.661. The highest BCUT2D eigenvalue weighted by Gasteiger charge is 2.44. The lowest BCUT2D eigenvalue weighted by molar-refractivity contribution is -0.159. The predicted molar refractivity (Wildman–Crippen MR) is 177 cm³/mol. The monoisotopic (exact) mass is 692 g/mol. The van der Waals surface area contributed by atoms with E-state index in [9.17, 15) is 19.5 Å². The van der Waals surface area contributed by atoms with Gasteiger partial charge in [-0.25, -0.2) is 0 Å². The van der Waals surface area contributed by atoms with Crippen LogP contribution in [0.2, 0.25) is 0 Å². The van der Waals surface area contributed by atoms with Crippen molar-refractivity contribution >= 4 is 33.7 Å². The number of allylic oxidation sites excluding steroid dienone is 1. The smallest absolute Gasteiger partial charge is 0.310 e. The lowest BCUT2D eigenvalue weighted by Crippen LogP contribution is -2.50. The molecule has 5 rings (SSSR count). The third kappa shape index (κ3) is 6.58. The first-order chi connectivity index (χ1) is 22.2. The Morgan fingerprint density at radius 1 is 1.11 bits per heavy atom. The highest BCUT2D eigenvalue weighted by molar-refractivity contribution is 9.10. The maximum Gasteiger partial charge on any atom is 0.310 e. The topological polar surface area (TPSA) is 106 Å². The van der Waals surface area contributed by atoms with Crippen LogP contribution in [0.15, 0.2) is 70.8 Å². The fourth-order valence-electron chi connectivity index (χ4n) is 6.99. The van der Waals surface area contributed by atoms with E-state index < -0.39 is 23.8 Å². The molecule has 1 saturated carbocycles. The van der Waals surface area contributed by atoms with Crippen molar-refractivity contribution in [2.75, 3.05) is 33.9 Å². The molecule has 1 fully saturated rings. The van der Waals surface area contributed by atoms with Crippen LogP contribution in [-0.4, -0.2) is 66.5 Å². The van der Waals surface area contributed by atoms with Crippen molar-refractivity contribution in [3.8, 4) is 17.2 Å². The molecule has 2 aromatic rings. The summed E-state index contributed by atoms with van der Waals surface area (Å²) in [6.07, 6.45) is 8.64. The molecular weight excluding hydrogens is 652 g/mol. The zero-order chi connectivity index (χ0) is 33.0. The molecule has 9 nitrogen and oxygen atoms in total. The van der Waals surface area contributed by atoms with E-state index in [1.54, 1.807) is 60.4 Å². The molecule has 2 aliphatic heterocycles. The van der Waals surface area contributed by atoms with Gasteiger partial charge < -0.3 is 29.1 Å². The van der Waals surface area contributed by atoms with Crippen molar-refractivity contribution in [2.45, 2.75) is 51.7 Å². The number of phenols is 1. The molecule has 1 aliphatic carbocycles. The van der Waals surface area contributed by atoms with E-state index in [1.165, 1.54) is 0 Å². The number of fused-ring (bicyclic) bond motifs is 1. The van der Waals surface area contributed by atoms with Gasteiger partial charge in [0.25, 0.3) is 5.91 Å². The number of aromatic hydroxyl groups is 1. The highest BCUT2D eigenvalue weighted by atomic mass is 79.9. The Morgan fingerprint density at radius 3 is 2.57 bits per heavy atom. The van der Waals surface area contributed by atoms with E-state index in [4.69, 9.17) is 14.2 Å². The number of benzene rings is 2. The Balaban J connectivity index is 1.40. The summed E-state index contributed by atoms with van der Waals surface area (Å²) in [6, 6.07) is 8.12. The number of hydrogen-bond donors (Lipinski definition) is 1. The minimum Gasteiger partial charge on any atom is -0.508 e. The van der Waals surface area contributed by atoms with Crippen molar-refractivity contribution in [2.24, 2.45) is 11.8 Å². The minimum atomic E-state index is -0.604. The second-order valence-corrected chi connectivity index (χ2v) is 12.7. The molecule has 46 heavy (non-hydrogen) atoms. The number of carbonyl (C=O) groups excluding carboxylic acids is 3. The molecule has 1 N–H and O–H groups in total. The standard InChI is InChI=1S/C36H41BrN2O7/c1-5-9-22-19-38(34(41)25(22)6-2)20-30-33-28(29(37)14-15-31(33)40)16-17-39(30)35(42)26-10-7-8-11-27(26)36(43)46-21-23-12-13-24(44-3)18-32(23)45-4/h5-6,9,12-15,18,26-27,30,40H,2,7-8,10-11,16-17,19-21H2,1,3-4H3/b9-5-. The SMILES string of the molecule is C=CC1=C(/C=C\C)CN(CC2c3c(O)ccc(Br)c3CCN2C(=O)C2CCCCC2C(=O)OCc2ccc(OC)cc2OC)C1=O. The van der Waals surface area contributed by atoms with E-state index in [-0.39, 0.29) is 30.7 Å². The number of esters is 1. The fourth-order valence-corrected chi connectivity index (χ4v) is 7.53. The molecule has 3 atom stereocenters. The quantitative estimate of drug-likeness (QED) is 0.302. The second-order valence-electron chi connectivity index (χ2n) is 11.9. The summed E-state index contributed by atoms with van der Waals surface area (Å²) in [5.41, 5.74) is 3.64. The summed E-state index contributed by atoms with van der Waals surface area (Å²) in [5, 5.41) is 11.1. The summed E-state index contributed by atoms with van der Waals surface area (Å²) in [7, 11) is 3.12. The van der Waals surface area contributed by atoms with Crippen LogP contribution >= 0.6 is 15.9 Å². The molecule has 2 amide bonds. The van der Waals surface area contributed by atoms with Crippen LogP contribution in [-0.2, 0) is 32.1 Å². The second kappa shape index (κ2) is 14.6. The number of carbonyl (C=O) groups is 3. The van der Waals surface area contributed by atoms with Gasteiger partial charge in [-0.15, -0.1) is 0 Å². The lowest BCUT2D eigenvalue weighted by atomic mass is 9.77. The van der Waals surface area contributed by atoms with Gasteiger partial charge in [0.15, 0.2) is 0 Å². The Bertz CT molecular complexity index is 1580. The van der Waals surface area contributed by atoms with Gasteiger partial charge in [-0.2, -0.15) is 0 Å². The number of halogens is 1. The average Bonchev–Trinajstić information content (AvgIpc) is 3.37. The van der Waals surface area contributed by atoms with Crippen molar-refractivity contribution in [3.05, 3.63) is 87.4 Å². The van der Waals surface area contributed by atoms with Crippen LogP contribution in [0, 0.1) is 11.8 Å². The van der Waals surface area contributed by atoms with Gasteiger partial charge in [0.05, 0.1) is 32.1 Å². The Morgan fingerprint density at radius 2 is 1.87 bits per heavy atom. The minimum absolute atomic E-state index is 0.00920.